The number of carbonyl (C=O) groups is 2. The highest BCUT2D eigenvalue weighted by molar-refractivity contribution is 5.87. The minimum atomic E-state index is -3.01. The molecule has 1 heterocycles. The topological polar surface area (TPSA) is 55.8 Å². The summed E-state index contributed by atoms with van der Waals surface area (Å²) in [5.41, 5.74) is -0.602. The molecule has 0 saturated carbocycles. The lowest BCUT2D eigenvalue weighted by Crippen LogP contribution is -2.40. The maximum absolute atomic E-state index is 13.6. The molecule has 7 heteroatoms. The quantitative estimate of drug-likeness (QED) is 0.581. The predicted octanol–water partition coefficient (Wildman–Crippen LogP) is 2.75. The lowest BCUT2D eigenvalue weighted by Gasteiger charge is -2.27. The average Bonchev–Trinajstić information content (AvgIpc) is 2.61. The van der Waals surface area contributed by atoms with Crippen LogP contribution in [0.1, 0.15) is 34.1 Å². The van der Waals surface area contributed by atoms with Crippen LogP contribution in [0.3, 0.4) is 0 Å². The molecule has 21 heavy (non-hydrogen) atoms. The monoisotopic (exact) mass is 305 g/mol. The first-order chi connectivity index (χ1) is 9.45. The van der Waals surface area contributed by atoms with E-state index in [4.69, 9.17) is 4.74 Å². The van der Waals surface area contributed by atoms with Gasteiger partial charge in [0.1, 0.15) is 5.60 Å². The SMILES string of the molecule is COC(=O)C(C)=CC1CC(F)(F)CN1C(=O)OC(C)(C)C. The fraction of sp³-hybridized carbons (Fsp3) is 0.714. The summed E-state index contributed by atoms with van der Waals surface area (Å²) in [6.45, 7) is 5.70. The summed E-state index contributed by atoms with van der Waals surface area (Å²) >= 11 is 0. The molecular formula is C14H21F2NO4. The molecule has 0 bridgehead atoms. The van der Waals surface area contributed by atoms with Gasteiger partial charge in [-0.25, -0.2) is 18.4 Å². The van der Waals surface area contributed by atoms with Gasteiger partial charge in [-0.1, -0.05) is 6.08 Å². The van der Waals surface area contributed by atoms with Gasteiger partial charge in [0.15, 0.2) is 0 Å². The summed E-state index contributed by atoms with van der Waals surface area (Å²) in [7, 11) is 1.20. The van der Waals surface area contributed by atoms with Gasteiger partial charge in [0, 0.05) is 12.0 Å². The second kappa shape index (κ2) is 5.99. The van der Waals surface area contributed by atoms with Crippen molar-refractivity contribution in [2.24, 2.45) is 0 Å². The zero-order valence-electron chi connectivity index (χ0n) is 12.9. The number of alkyl halides is 2. The highest BCUT2D eigenvalue weighted by Gasteiger charge is 2.47. The van der Waals surface area contributed by atoms with E-state index in [2.05, 4.69) is 4.74 Å². The molecule has 1 atom stereocenters. The Hall–Kier alpha value is -1.66. The molecule has 1 aliphatic heterocycles. The third-order valence-corrected chi connectivity index (χ3v) is 2.89. The van der Waals surface area contributed by atoms with E-state index in [1.165, 1.54) is 20.1 Å². The van der Waals surface area contributed by atoms with Crippen LogP contribution in [0.5, 0.6) is 0 Å². The molecule has 1 unspecified atom stereocenters. The van der Waals surface area contributed by atoms with E-state index in [0.29, 0.717) is 0 Å². The first-order valence-electron chi connectivity index (χ1n) is 6.59. The lowest BCUT2D eigenvalue weighted by atomic mass is 10.1. The van der Waals surface area contributed by atoms with Crippen LogP contribution in [0.2, 0.25) is 0 Å². The minimum Gasteiger partial charge on any atom is -0.466 e. The number of methoxy groups -OCH3 is 1. The number of halogens is 2. The summed E-state index contributed by atoms with van der Waals surface area (Å²) in [6, 6.07) is -0.894. The number of likely N-dealkylation sites (tertiary alicyclic amines) is 1. The normalized spacial score (nSPS) is 22.1. The Morgan fingerprint density at radius 1 is 1.33 bits per heavy atom. The van der Waals surface area contributed by atoms with Crippen molar-refractivity contribution in [2.45, 2.75) is 51.7 Å². The van der Waals surface area contributed by atoms with E-state index >= 15 is 0 Å². The first kappa shape index (κ1) is 17.4. The van der Waals surface area contributed by atoms with Crippen LogP contribution in [0, 0.1) is 0 Å². The van der Waals surface area contributed by atoms with Crippen molar-refractivity contribution in [3.8, 4) is 0 Å². The molecule has 1 saturated heterocycles. The van der Waals surface area contributed by atoms with Gasteiger partial charge in [-0.15, -0.1) is 0 Å². The van der Waals surface area contributed by atoms with Crippen molar-refractivity contribution in [3.05, 3.63) is 11.6 Å². The van der Waals surface area contributed by atoms with E-state index in [1.807, 2.05) is 0 Å². The summed E-state index contributed by atoms with van der Waals surface area (Å²) in [5.74, 6) is -3.62. The van der Waals surface area contributed by atoms with Crippen molar-refractivity contribution in [2.75, 3.05) is 13.7 Å². The van der Waals surface area contributed by atoms with Gasteiger partial charge in [0.2, 0.25) is 0 Å². The number of ether oxygens (including phenoxy) is 2. The second-order valence-electron chi connectivity index (χ2n) is 6.08. The fourth-order valence-electron chi connectivity index (χ4n) is 2.03. The Morgan fingerprint density at radius 2 is 1.90 bits per heavy atom. The molecule has 1 aliphatic rings. The third kappa shape index (κ3) is 4.99. The van der Waals surface area contributed by atoms with Gasteiger partial charge >= 0.3 is 12.1 Å². The smallest absolute Gasteiger partial charge is 0.410 e. The summed E-state index contributed by atoms with van der Waals surface area (Å²) < 4.78 is 36.8. The van der Waals surface area contributed by atoms with Gasteiger partial charge in [-0.05, 0) is 27.7 Å². The first-order valence-corrected chi connectivity index (χ1v) is 6.59. The van der Waals surface area contributed by atoms with E-state index in [1.54, 1.807) is 20.8 Å². The molecule has 0 N–H and O–H groups in total. The Labute approximate surface area is 122 Å². The van der Waals surface area contributed by atoms with Gasteiger partial charge < -0.3 is 9.47 Å². The minimum absolute atomic E-state index is 0.175. The molecule has 1 fully saturated rings. The van der Waals surface area contributed by atoms with Crippen LogP contribution in [0.15, 0.2) is 11.6 Å². The van der Waals surface area contributed by atoms with E-state index in [9.17, 15) is 18.4 Å². The number of hydrogen-bond donors (Lipinski definition) is 0. The van der Waals surface area contributed by atoms with Gasteiger partial charge in [-0.2, -0.15) is 0 Å². The highest BCUT2D eigenvalue weighted by atomic mass is 19.3. The maximum atomic E-state index is 13.6. The number of carbonyl (C=O) groups excluding carboxylic acids is 2. The van der Waals surface area contributed by atoms with E-state index in [0.717, 1.165) is 4.90 Å². The van der Waals surface area contributed by atoms with Gasteiger partial charge in [0.05, 0.1) is 19.7 Å². The molecular weight excluding hydrogens is 284 g/mol. The molecule has 0 aromatic rings. The van der Waals surface area contributed by atoms with Crippen molar-refractivity contribution >= 4 is 12.1 Å². The summed E-state index contributed by atoms with van der Waals surface area (Å²) in [6.07, 6.45) is -0.0457. The number of esters is 1. The molecule has 1 amide bonds. The van der Waals surface area contributed by atoms with Crippen molar-refractivity contribution in [1.82, 2.24) is 4.90 Å². The van der Waals surface area contributed by atoms with Crippen molar-refractivity contribution < 1.29 is 27.8 Å². The number of hydrogen-bond acceptors (Lipinski definition) is 4. The lowest BCUT2D eigenvalue weighted by molar-refractivity contribution is -0.136. The molecule has 0 spiro atoms. The van der Waals surface area contributed by atoms with Crippen molar-refractivity contribution in [1.29, 1.82) is 0 Å². The molecule has 5 nitrogen and oxygen atoms in total. The molecule has 1 rings (SSSR count). The number of rotatable bonds is 2. The Kier molecular flexibility index (Phi) is 4.96. The Morgan fingerprint density at radius 3 is 2.38 bits per heavy atom. The molecule has 0 aliphatic carbocycles. The number of amides is 1. The molecule has 120 valence electrons. The Bertz CT molecular complexity index is 454. The second-order valence-corrected chi connectivity index (χ2v) is 6.08. The predicted molar refractivity (Wildman–Crippen MR) is 72.1 cm³/mol. The fourth-order valence-corrected chi connectivity index (χ4v) is 2.03. The standard InChI is InChI=1S/C14H21F2NO4/c1-9(11(18)20-5)6-10-7-14(15,16)8-17(10)12(19)21-13(2,3)4/h6,10H,7-8H2,1-5H3. The van der Waals surface area contributed by atoms with Crippen LogP contribution >= 0.6 is 0 Å². The van der Waals surface area contributed by atoms with E-state index in [-0.39, 0.29) is 5.57 Å². The Balaban J connectivity index is 2.94. The molecule has 0 aromatic heterocycles. The van der Waals surface area contributed by atoms with E-state index < -0.39 is 42.6 Å². The van der Waals surface area contributed by atoms with Crippen LogP contribution in [0.4, 0.5) is 13.6 Å². The van der Waals surface area contributed by atoms with Gasteiger partial charge in [0.25, 0.3) is 5.92 Å². The summed E-state index contributed by atoms with van der Waals surface area (Å²) in [4.78, 5) is 24.3. The van der Waals surface area contributed by atoms with Crippen molar-refractivity contribution in [3.63, 3.8) is 0 Å². The third-order valence-electron chi connectivity index (χ3n) is 2.89. The zero-order chi connectivity index (χ0) is 16.4. The van der Waals surface area contributed by atoms with Gasteiger partial charge in [-0.3, -0.25) is 4.90 Å². The van der Waals surface area contributed by atoms with Crippen LogP contribution in [0.25, 0.3) is 0 Å². The van der Waals surface area contributed by atoms with Crippen LogP contribution in [-0.4, -0.2) is 48.2 Å². The number of nitrogens with zero attached hydrogens (tertiary/aromatic N) is 1. The summed E-state index contributed by atoms with van der Waals surface area (Å²) in [5, 5.41) is 0. The maximum Gasteiger partial charge on any atom is 0.410 e. The molecule has 0 aromatic carbocycles. The zero-order valence-corrected chi connectivity index (χ0v) is 12.9. The van der Waals surface area contributed by atoms with Crippen LogP contribution < -0.4 is 0 Å². The van der Waals surface area contributed by atoms with Crippen LogP contribution in [-0.2, 0) is 14.3 Å². The molecule has 0 radical (unpaired) electrons. The average molecular weight is 305 g/mol. The largest absolute Gasteiger partial charge is 0.466 e. The highest BCUT2D eigenvalue weighted by Crippen LogP contribution is 2.34.